The van der Waals surface area contributed by atoms with Crippen LogP contribution in [0.4, 0.5) is 0 Å². The van der Waals surface area contributed by atoms with Gasteiger partial charge in [0.15, 0.2) is 11.5 Å². The van der Waals surface area contributed by atoms with Crippen molar-refractivity contribution in [3.63, 3.8) is 0 Å². The second kappa shape index (κ2) is 8.20. The van der Waals surface area contributed by atoms with Gasteiger partial charge in [0.05, 0.1) is 31.0 Å². The van der Waals surface area contributed by atoms with Crippen molar-refractivity contribution in [2.45, 2.75) is 6.54 Å². The van der Waals surface area contributed by atoms with Gasteiger partial charge in [0.25, 0.3) is 0 Å². The average Bonchev–Trinajstić information content (AvgIpc) is 2.80. The van der Waals surface area contributed by atoms with Crippen LogP contribution >= 0.6 is 11.6 Å². The average molecular weight is 465 g/mol. The van der Waals surface area contributed by atoms with Gasteiger partial charge in [0.1, 0.15) is 13.2 Å². The fourth-order valence-corrected chi connectivity index (χ4v) is 5.24. The third kappa shape index (κ3) is 3.72. The van der Waals surface area contributed by atoms with Crippen LogP contribution in [0.2, 0.25) is 5.02 Å². The van der Waals surface area contributed by atoms with Gasteiger partial charge in [-0.25, -0.2) is 4.98 Å². The van der Waals surface area contributed by atoms with E-state index in [9.17, 15) is 0 Å². The summed E-state index contributed by atoms with van der Waals surface area (Å²) in [7, 11) is 1.67. The summed E-state index contributed by atoms with van der Waals surface area (Å²) < 4.78 is 22.4. The Kier molecular flexibility index (Phi) is 5.17. The maximum Gasteiger partial charge on any atom is 0.218 e. The Morgan fingerprint density at radius 3 is 2.55 bits per heavy atom. The Labute approximate surface area is 198 Å². The summed E-state index contributed by atoms with van der Waals surface area (Å²) in [5.41, 5.74) is 5.01. The highest BCUT2D eigenvalue weighted by atomic mass is 35.5. The molecule has 3 aromatic rings. The van der Waals surface area contributed by atoms with Gasteiger partial charge >= 0.3 is 0 Å². The normalized spacial score (nSPS) is 18.5. The molecule has 2 saturated heterocycles. The van der Waals surface area contributed by atoms with Crippen molar-refractivity contribution in [1.82, 2.24) is 9.88 Å². The molecule has 1 spiro atoms. The Balaban J connectivity index is 1.28. The van der Waals surface area contributed by atoms with Crippen molar-refractivity contribution in [3.8, 4) is 39.8 Å². The van der Waals surface area contributed by atoms with Crippen LogP contribution < -0.4 is 14.2 Å². The van der Waals surface area contributed by atoms with E-state index in [-0.39, 0.29) is 0 Å². The van der Waals surface area contributed by atoms with Gasteiger partial charge in [-0.2, -0.15) is 0 Å². The summed E-state index contributed by atoms with van der Waals surface area (Å²) in [6.45, 7) is 5.85. The zero-order chi connectivity index (χ0) is 22.4. The first-order valence-electron chi connectivity index (χ1n) is 11.2. The number of hydrogen-bond acceptors (Lipinski definition) is 6. The topological polar surface area (TPSA) is 53.0 Å². The highest BCUT2D eigenvalue weighted by Crippen LogP contribution is 2.41. The van der Waals surface area contributed by atoms with Crippen molar-refractivity contribution in [2.24, 2.45) is 5.41 Å². The van der Waals surface area contributed by atoms with Gasteiger partial charge in [0.2, 0.25) is 5.88 Å². The van der Waals surface area contributed by atoms with Crippen LogP contribution in [0, 0.1) is 5.41 Å². The van der Waals surface area contributed by atoms with Gasteiger partial charge in [-0.15, -0.1) is 0 Å². The first-order valence-corrected chi connectivity index (χ1v) is 11.5. The number of fused-ring (bicyclic) bond motifs is 1. The molecule has 3 aliphatic rings. The molecule has 0 radical (unpaired) electrons. The lowest BCUT2D eigenvalue weighted by Crippen LogP contribution is -2.65. The second-order valence-electron chi connectivity index (χ2n) is 9.03. The summed E-state index contributed by atoms with van der Waals surface area (Å²) in [6, 6.07) is 16.0. The summed E-state index contributed by atoms with van der Waals surface area (Å²) in [5.74, 6) is 2.14. The van der Waals surface area contributed by atoms with E-state index >= 15 is 0 Å². The van der Waals surface area contributed by atoms with Crippen LogP contribution in [0.1, 0.15) is 5.56 Å². The molecule has 0 unspecified atom stereocenters. The molecule has 0 atom stereocenters. The molecule has 0 bridgehead atoms. The highest BCUT2D eigenvalue weighted by molar-refractivity contribution is 6.36. The fourth-order valence-electron chi connectivity index (χ4n) is 4.91. The standard InChI is InChI=1S/C26H25ClN2O4/c1-30-25-18(12-29-13-26(14-29)15-31-16-26)5-7-21(28-25)20-4-2-3-19(24(20)27)17-6-8-22-23(11-17)33-10-9-32-22/h2-8,11H,9-10,12-16H2,1H3. The van der Waals surface area contributed by atoms with E-state index in [0.29, 0.717) is 29.5 Å². The minimum absolute atomic E-state index is 0.391. The SMILES string of the molecule is COc1nc(-c2cccc(-c3ccc4c(c3)OCCO4)c2Cl)ccc1CN1CC2(COC2)C1. The number of methoxy groups -OCH3 is 1. The number of likely N-dealkylation sites (tertiary alicyclic amines) is 1. The molecule has 2 fully saturated rings. The molecule has 6 nitrogen and oxygen atoms in total. The molecule has 4 heterocycles. The van der Waals surface area contributed by atoms with Gasteiger partial charge in [0, 0.05) is 41.7 Å². The molecule has 33 heavy (non-hydrogen) atoms. The molecule has 0 aliphatic carbocycles. The van der Waals surface area contributed by atoms with E-state index in [1.807, 2.05) is 42.5 Å². The largest absolute Gasteiger partial charge is 0.486 e. The van der Waals surface area contributed by atoms with E-state index < -0.39 is 0 Å². The molecule has 6 rings (SSSR count). The highest BCUT2D eigenvalue weighted by Gasteiger charge is 2.48. The van der Waals surface area contributed by atoms with Gasteiger partial charge < -0.3 is 18.9 Å². The molecule has 170 valence electrons. The summed E-state index contributed by atoms with van der Waals surface area (Å²) in [6.07, 6.45) is 0. The number of aromatic nitrogens is 1. The first kappa shape index (κ1) is 20.8. The molecule has 0 saturated carbocycles. The Hall–Kier alpha value is -2.80. The minimum atomic E-state index is 0.391. The number of hydrogen-bond donors (Lipinski definition) is 0. The number of pyridine rings is 1. The van der Waals surface area contributed by atoms with E-state index in [1.54, 1.807) is 7.11 Å². The smallest absolute Gasteiger partial charge is 0.218 e. The van der Waals surface area contributed by atoms with Crippen LogP contribution in [0.25, 0.3) is 22.4 Å². The molecule has 0 N–H and O–H groups in total. The molecule has 3 aliphatic heterocycles. The van der Waals surface area contributed by atoms with Crippen molar-refractivity contribution >= 4 is 11.6 Å². The molecular weight excluding hydrogens is 440 g/mol. The quantitative estimate of drug-likeness (QED) is 0.546. The maximum absolute atomic E-state index is 6.89. The van der Waals surface area contributed by atoms with Crippen LogP contribution in [0.3, 0.4) is 0 Å². The van der Waals surface area contributed by atoms with E-state index in [4.69, 9.17) is 35.5 Å². The predicted molar refractivity (Wildman–Crippen MR) is 126 cm³/mol. The summed E-state index contributed by atoms with van der Waals surface area (Å²) in [5, 5.41) is 0.645. The number of nitrogens with zero attached hydrogens (tertiary/aromatic N) is 2. The lowest BCUT2D eigenvalue weighted by atomic mass is 9.78. The fraction of sp³-hybridized carbons (Fsp3) is 0.346. The summed E-state index contributed by atoms with van der Waals surface area (Å²) >= 11 is 6.89. The Bertz CT molecular complexity index is 1200. The van der Waals surface area contributed by atoms with Crippen LogP contribution in [-0.4, -0.2) is 56.5 Å². The molecule has 2 aromatic carbocycles. The van der Waals surface area contributed by atoms with Crippen LogP contribution in [-0.2, 0) is 11.3 Å². The summed E-state index contributed by atoms with van der Waals surface area (Å²) in [4.78, 5) is 7.22. The van der Waals surface area contributed by atoms with Crippen molar-refractivity contribution in [3.05, 3.63) is 59.1 Å². The monoisotopic (exact) mass is 464 g/mol. The van der Waals surface area contributed by atoms with Gasteiger partial charge in [-0.3, -0.25) is 4.90 Å². The van der Waals surface area contributed by atoms with E-state index in [0.717, 1.165) is 72.3 Å². The third-order valence-corrected chi connectivity index (χ3v) is 7.00. The number of rotatable bonds is 5. The van der Waals surface area contributed by atoms with Crippen LogP contribution in [0.15, 0.2) is 48.5 Å². The van der Waals surface area contributed by atoms with Crippen molar-refractivity contribution in [2.75, 3.05) is 46.6 Å². The van der Waals surface area contributed by atoms with E-state index in [2.05, 4.69) is 11.0 Å². The molecule has 1 aromatic heterocycles. The predicted octanol–water partition coefficient (Wildman–Crippen LogP) is 4.68. The zero-order valence-corrected chi connectivity index (χ0v) is 19.2. The third-order valence-electron chi connectivity index (χ3n) is 6.59. The first-order chi connectivity index (χ1) is 16.1. The second-order valence-corrected chi connectivity index (χ2v) is 9.41. The Morgan fingerprint density at radius 1 is 1.00 bits per heavy atom. The van der Waals surface area contributed by atoms with Crippen molar-refractivity contribution in [1.29, 1.82) is 0 Å². The molecule has 7 heteroatoms. The number of ether oxygens (including phenoxy) is 4. The molecular formula is C26H25ClN2O4. The van der Waals surface area contributed by atoms with E-state index in [1.165, 1.54) is 0 Å². The lowest BCUT2D eigenvalue weighted by Gasteiger charge is -2.55. The molecule has 0 amide bonds. The number of halogens is 1. The van der Waals surface area contributed by atoms with Crippen LogP contribution in [0.5, 0.6) is 17.4 Å². The lowest BCUT2D eigenvalue weighted by molar-refractivity contribution is -0.191. The van der Waals surface area contributed by atoms with Gasteiger partial charge in [-0.1, -0.05) is 41.9 Å². The number of benzene rings is 2. The minimum Gasteiger partial charge on any atom is -0.486 e. The van der Waals surface area contributed by atoms with Crippen molar-refractivity contribution < 1.29 is 18.9 Å². The zero-order valence-electron chi connectivity index (χ0n) is 18.5. The maximum atomic E-state index is 6.89. The van der Waals surface area contributed by atoms with Gasteiger partial charge in [-0.05, 0) is 23.8 Å². The Morgan fingerprint density at radius 2 is 1.79 bits per heavy atom.